The number of aldehydes is 1. The third-order valence-electron chi connectivity index (χ3n) is 1.97. The zero-order valence-electron chi connectivity index (χ0n) is 7.61. The number of hydrogen-bond donors (Lipinski definition) is 1. The summed E-state index contributed by atoms with van der Waals surface area (Å²) in [5.74, 6) is 0.877. The molecule has 0 N–H and O–H groups in total. The molecule has 0 aliphatic rings. The number of carbonyl (C=O) groups is 1. The first-order valence-corrected chi connectivity index (χ1v) is 5.07. The Bertz CT molecular complexity index is 505. The Morgan fingerprint density at radius 2 is 2.07 bits per heavy atom. The van der Waals surface area contributed by atoms with Crippen LogP contribution in [-0.4, -0.2) is 6.29 Å². The topological polar surface area (TPSA) is 30.2 Å². The van der Waals surface area contributed by atoms with Gasteiger partial charge in [0.2, 0.25) is 0 Å². The van der Waals surface area contributed by atoms with Crippen molar-refractivity contribution in [1.29, 1.82) is 0 Å². The molecule has 1 aromatic heterocycles. The molecule has 4 heteroatoms. The zero-order chi connectivity index (χ0) is 10.8. The quantitative estimate of drug-likeness (QED) is 0.639. The molecule has 0 bridgehead atoms. The summed E-state index contributed by atoms with van der Waals surface area (Å²) in [6.07, 6.45) is 0.659. The fourth-order valence-electron chi connectivity index (χ4n) is 1.27. The van der Waals surface area contributed by atoms with Crippen LogP contribution in [0.1, 0.15) is 10.6 Å². The summed E-state index contributed by atoms with van der Waals surface area (Å²) in [6, 6.07) is 8.60. The smallest absolute Gasteiger partial charge is 0.185 e. The molecule has 0 saturated heterocycles. The van der Waals surface area contributed by atoms with Gasteiger partial charge in [0.1, 0.15) is 5.76 Å². The van der Waals surface area contributed by atoms with Crippen LogP contribution in [0, 0.1) is 0 Å². The maximum Gasteiger partial charge on any atom is 0.185 e. The van der Waals surface area contributed by atoms with Crippen molar-refractivity contribution < 1.29 is 9.21 Å². The molecular formula is C11H7ClO2S. The van der Waals surface area contributed by atoms with Gasteiger partial charge in [-0.3, -0.25) is 4.79 Å². The molecule has 0 radical (unpaired) electrons. The van der Waals surface area contributed by atoms with E-state index in [0.717, 1.165) is 10.5 Å². The molecule has 0 saturated carbocycles. The third-order valence-corrected chi connectivity index (χ3v) is 2.59. The molecular weight excluding hydrogens is 232 g/mol. The molecule has 0 spiro atoms. The van der Waals surface area contributed by atoms with Crippen LogP contribution < -0.4 is 0 Å². The van der Waals surface area contributed by atoms with Gasteiger partial charge in [-0.15, -0.1) is 12.6 Å². The number of thiol groups is 1. The second kappa shape index (κ2) is 4.13. The van der Waals surface area contributed by atoms with Crippen molar-refractivity contribution in [3.05, 3.63) is 41.1 Å². The first kappa shape index (κ1) is 10.3. The molecule has 0 atom stereocenters. The van der Waals surface area contributed by atoms with Crippen molar-refractivity contribution in [2.45, 2.75) is 4.90 Å². The van der Waals surface area contributed by atoms with Gasteiger partial charge in [-0.05, 0) is 30.3 Å². The Labute approximate surface area is 97.3 Å². The zero-order valence-corrected chi connectivity index (χ0v) is 9.26. The largest absolute Gasteiger partial charge is 0.453 e. The Hall–Kier alpha value is -1.19. The van der Waals surface area contributed by atoms with Crippen LogP contribution in [0.5, 0.6) is 0 Å². The van der Waals surface area contributed by atoms with E-state index in [2.05, 4.69) is 12.6 Å². The summed E-state index contributed by atoms with van der Waals surface area (Å²) in [5.41, 5.74) is 0.777. The molecule has 0 aliphatic heterocycles. The summed E-state index contributed by atoms with van der Waals surface area (Å²) in [4.78, 5) is 11.2. The Kier molecular flexibility index (Phi) is 2.84. The van der Waals surface area contributed by atoms with Crippen molar-refractivity contribution in [3.63, 3.8) is 0 Å². The standard InChI is InChI=1S/C11H7ClO2S/c12-7-1-4-11(15)9(5-7)10-3-2-8(6-13)14-10/h1-6,15H. The first-order chi connectivity index (χ1) is 7.20. The van der Waals surface area contributed by atoms with Crippen molar-refractivity contribution in [3.8, 4) is 11.3 Å². The van der Waals surface area contributed by atoms with E-state index in [-0.39, 0.29) is 5.76 Å². The van der Waals surface area contributed by atoms with Gasteiger partial charge in [0, 0.05) is 15.5 Å². The van der Waals surface area contributed by atoms with Crippen molar-refractivity contribution in [2.24, 2.45) is 0 Å². The maximum atomic E-state index is 10.5. The van der Waals surface area contributed by atoms with Gasteiger partial charge < -0.3 is 4.42 Å². The summed E-state index contributed by atoms with van der Waals surface area (Å²) >= 11 is 10.2. The Morgan fingerprint density at radius 3 is 2.73 bits per heavy atom. The monoisotopic (exact) mass is 238 g/mol. The lowest BCUT2D eigenvalue weighted by Crippen LogP contribution is -1.77. The average Bonchev–Trinajstić information content (AvgIpc) is 2.70. The summed E-state index contributed by atoms with van der Waals surface area (Å²) < 4.78 is 5.28. The highest BCUT2D eigenvalue weighted by molar-refractivity contribution is 7.80. The number of benzene rings is 1. The lowest BCUT2D eigenvalue weighted by atomic mass is 10.2. The van der Waals surface area contributed by atoms with E-state index in [1.54, 1.807) is 30.3 Å². The van der Waals surface area contributed by atoms with E-state index >= 15 is 0 Å². The average molecular weight is 239 g/mol. The highest BCUT2D eigenvalue weighted by Gasteiger charge is 2.08. The lowest BCUT2D eigenvalue weighted by Gasteiger charge is -2.01. The van der Waals surface area contributed by atoms with Crippen molar-refractivity contribution in [2.75, 3.05) is 0 Å². The van der Waals surface area contributed by atoms with Crippen LogP contribution in [0.4, 0.5) is 0 Å². The molecule has 1 aromatic carbocycles. The number of halogens is 1. The fraction of sp³-hybridized carbons (Fsp3) is 0. The summed E-state index contributed by atoms with van der Waals surface area (Å²) in [5, 5.41) is 0.604. The van der Waals surface area contributed by atoms with Crippen molar-refractivity contribution in [1.82, 2.24) is 0 Å². The van der Waals surface area contributed by atoms with E-state index < -0.39 is 0 Å². The second-order valence-electron chi connectivity index (χ2n) is 2.98. The lowest BCUT2D eigenvalue weighted by molar-refractivity contribution is 0.110. The minimum atomic E-state index is 0.290. The number of furan rings is 1. The molecule has 76 valence electrons. The van der Waals surface area contributed by atoms with Crippen LogP contribution in [0.2, 0.25) is 5.02 Å². The van der Waals surface area contributed by atoms with Crippen LogP contribution in [0.3, 0.4) is 0 Å². The predicted octanol–water partition coefficient (Wildman–Crippen LogP) is 3.70. The van der Waals surface area contributed by atoms with E-state index in [1.807, 2.05) is 0 Å². The van der Waals surface area contributed by atoms with Gasteiger partial charge in [0.15, 0.2) is 12.0 Å². The van der Waals surface area contributed by atoms with Gasteiger partial charge in [0.25, 0.3) is 0 Å². The molecule has 15 heavy (non-hydrogen) atoms. The molecule has 1 heterocycles. The minimum absolute atomic E-state index is 0.290. The SMILES string of the molecule is O=Cc1ccc(-c2cc(Cl)ccc2S)o1. The molecule has 0 unspecified atom stereocenters. The Balaban J connectivity index is 2.52. The minimum Gasteiger partial charge on any atom is -0.453 e. The normalized spacial score (nSPS) is 10.3. The molecule has 2 nitrogen and oxygen atoms in total. The van der Waals surface area contributed by atoms with Crippen LogP contribution in [-0.2, 0) is 0 Å². The van der Waals surface area contributed by atoms with Gasteiger partial charge in [-0.25, -0.2) is 0 Å². The highest BCUT2D eigenvalue weighted by Crippen LogP contribution is 2.30. The van der Waals surface area contributed by atoms with E-state index in [1.165, 1.54) is 0 Å². The molecule has 2 rings (SSSR count). The van der Waals surface area contributed by atoms with Crippen LogP contribution in [0.25, 0.3) is 11.3 Å². The van der Waals surface area contributed by atoms with Gasteiger partial charge >= 0.3 is 0 Å². The van der Waals surface area contributed by atoms with Gasteiger partial charge in [0.05, 0.1) is 0 Å². The number of carbonyl (C=O) groups excluding carboxylic acids is 1. The Morgan fingerprint density at radius 1 is 1.27 bits per heavy atom. The fourth-order valence-corrected chi connectivity index (χ4v) is 1.69. The molecule has 0 amide bonds. The highest BCUT2D eigenvalue weighted by atomic mass is 35.5. The van der Waals surface area contributed by atoms with Crippen molar-refractivity contribution >= 4 is 30.5 Å². The molecule has 0 aliphatic carbocycles. The van der Waals surface area contributed by atoms with E-state index in [0.29, 0.717) is 17.1 Å². The summed E-state index contributed by atoms with van der Waals surface area (Å²) in [6.45, 7) is 0. The molecule has 0 fully saturated rings. The van der Waals surface area contributed by atoms with Gasteiger partial charge in [-0.2, -0.15) is 0 Å². The molecule has 2 aromatic rings. The van der Waals surface area contributed by atoms with Crippen LogP contribution >= 0.6 is 24.2 Å². The maximum absolute atomic E-state index is 10.5. The number of rotatable bonds is 2. The first-order valence-electron chi connectivity index (χ1n) is 4.24. The second-order valence-corrected chi connectivity index (χ2v) is 3.90. The third kappa shape index (κ3) is 2.08. The van der Waals surface area contributed by atoms with E-state index in [9.17, 15) is 4.79 Å². The van der Waals surface area contributed by atoms with Crippen LogP contribution in [0.15, 0.2) is 39.6 Å². The summed E-state index contributed by atoms with van der Waals surface area (Å²) in [7, 11) is 0. The number of hydrogen-bond acceptors (Lipinski definition) is 3. The van der Waals surface area contributed by atoms with Gasteiger partial charge in [-0.1, -0.05) is 11.6 Å². The predicted molar refractivity (Wildman–Crippen MR) is 61.8 cm³/mol. The van der Waals surface area contributed by atoms with E-state index in [4.69, 9.17) is 16.0 Å².